The highest BCUT2D eigenvalue weighted by molar-refractivity contribution is 5.73. The fourth-order valence-electron chi connectivity index (χ4n) is 2.70. The minimum absolute atomic E-state index is 0.256. The highest BCUT2D eigenvalue weighted by Crippen LogP contribution is 2.20. The molecule has 0 unspecified atom stereocenters. The van der Waals surface area contributed by atoms with Crippen molar-refractivity contribution in [2.45, 2.75) is 38.6 Å². The van der Waals surface area contributed by atoms with Crippen LogP contribution < -0.4 is 0 Å². The molecule has 2 rings (SSSR count). The minimum atomic E-state index is 0.256. The van der Waals surface area contributed by atoms with Crippen molar-refractivity contribution in [1.82, 2.24) is 9.80 Å². The van der Waals surface area contributed by atoms with E-state index in [4.69, 9.17) is 0 Å². The second kappa shape index (κ2) is 4.30. The van der Waals surface area contributed by atoms with E-state index in [1.54, 1.807) is 6.92 Å². The van der Waals surface area contributed by atoms with E-state index in [0.717, 1.165) is 13.1 Å². The predicted octanol–water partition coefficient (Wildman–Crippen LogP) is 1.09. The highest BCUT2D eigenvalue weighted by Gasteiger charge is 2.28. The predicted molar refractivity (Wildman–Crippen MR) is 56.1 cm³/mol. The molecule has 2 fully saturated rings. The van der Waals surface area contributed by atoms with Crippen LogP contribution in [0.3, 0.4) is 0 Å². The van der Waals surface area contributed by atoms with Crippen LogP contribution in [0.5, 0.6) is 0 Å². The zero-order valence-corrected chi connectivity index (χ0v) is 9.04. The third-order valence-electron chi connectivity index (χ3n) is 3.45. The van der Waals surface area contributed by atoms with E-state index in [2.05, 4.69) is 9.80 Å². The SMILES string of the molecule is CC(=O)N1CCC[C@H]1CN1CCCC1. The summed E-state index contributed by atoms with van der Waals surface area (Å²) in [7, 11) is 0. The van der Waals surface area contributed by atoms with E-state index < -0.39 is 0 Å². The Morgan fingerprint density at radius 2 is 1.93 bits per heavy atom. The summed E-state index contributed by atoms with van der Waals surface area (Å²) in [6.45, 7) is 6.26. The molecule has 0 saturated carbocycles. The summed E-state index contributed by atoms with van der Waals surface area (Å²) in [5.41, 5.74) is 0. The van der Waals surface area contributed by atoms with Gasteiger partial charge in [-0.05, 0) is 38.8 Å². The Hall–Kier alpha value is -0.570. The molecular weight excluding hydrogens is 176 g/mol. The average Bonchev–Trinajstić information content (AvgIpc) is 2.75. The van der Waals surface area contributed by atoms with Crippen LogP contribution in [0, 0.1) is 0 Å². The van der Waals surface area contributed by atoms with Crippen molar-refractivity contribution >= 4 is 5.91 Å². The van der Waals surface area contributed by atoms with Gasteiger partial charge in [-0.2, -0.15) is 0 Å². The highest BCUT2D eigenvalue weighted by atomic mass is 16.2. The first-order valence-corrected chi connectivity index (χ1v) is 5.77. The van der Waals surface area contributed by atoms with Crippen LogP contribution in [0.25, 0.3) is 0 Å². The summed E-state index contributed by atoms with van der Waals surface area (Å²) in [6, 6.07) is 0.505. The first-order chi connectivity index (χ1) is 6.77. The van der Waals surface area contributed by atoms with Crippen molar-refractivity contribution in [2.75, 3.05) is 26.2 Å². The molecule has 80 valence electrons. The van der Waals surface area contributed by atoms with Gasteiger partial charge in [0.05, 0.1) is 0 Å². The van der Waals surface area contributed by atoms with Crippen LogP contribution in [-0.4, -0.2) is 47.9 Å². The van der Waals surface area contributed by atoms with Crippen molar-refractivity contribution < 1.29 is 4.79 Å². The van der Waals surface area contributed by atoms with Gasteiger partial charge in [-0.1, -0.05) is 0 Å². The third-order valence-corrected chi connectivity index (χ3v) is 3.45. The monoisotopic (exact) mass is 196 g/mol. The molecule has 2 saturated heterocycles. The molecule has 0 N–H and O–H groups in total. The maximum atomic E-state index is 11.3. The van der Waals surface area contributed by atoms with Crippen LogP contribution >= 0.6 is 0 Å². The topological polar surface area (TPSA) is 23.6 Å². The first kappa shape index (κ1) is 9.97. The molecule has 0 radical (unpaired) electrons. The minimum Gasteiger partial charge on any atom is -0.339 e. The number of carbonyl (C=O) groups excluding carboxylic acids is 1. The van der Waals surface area contributed by atoms with Crippen LogP contribution in [0.1, 0.15) is 32.6 Å². The maximum absolute atomic E-state index is 11.3. The quantitative estimate of drug-likeness (QED) is 0.660. The van der Waals surface area contributed by atoms with Crippen molar-refractivity contribution in [3.05, 3.63) is 0 Å². The molecule has 1 amide bonds. The molecular formula is C11H20N2O. The van der Waals surface area contributed by atoms with Crippen molar-refractivity contribution in [1.29, 1.82) is 0 Å². The van der Waals surface area contributed by atoms with Gasteiger partial charge in [-0.25, -0.2) is 0 Å². The molecule has 1 atom stereocenters. The number of hydrogen-bond acceptors (Lipinski definition) is 2. The van der Waals surface area contributed by atoms with E-state index >= 15 is 0 Å². The third kappa shape index (κ3) is 2.08. The molecule has 0 spiro atoms. The Morgan fingerprint density at radius 3 is 2.57 bits per heavy atom. The van der Waals surface area contributed by atoms with Gasteiger partial charge in [0.15, 0.2) is 0 Å². The Labute approximate surface area is 86.1 Å². The maximum Gasteiger partial charge on any atom is 0.219 e. The Kier molecular flexibility index (Phi) is 3.06. The Balaban J connectivity index is 1.86. The summed E-state index contributed by atoms with van der Waals surface area (Å²) in [5.74, 6) is 0.256. The zero-order valence-electron chi connectivity index (χ0n) is 9.04. The van der Waals surface area contributed by atoms with Gasteiger partial charge in [-0.3, -0.25) is 4.79 Å². The molecule has 3 nitrogen and oxygen atoms in total. The van der Waals surface area contributed by atoms with E-state index in [9.17, 15) is 4.79 Å². The largest absolute Gasteiger partial charge is 0.339 e. The zero-order chi connectivity index (χ0) is 9.97. The standard InChI is InChI=1S/C11H20N2O/c1-10(14)13-8-4-5-11(13)9-12-6-2-3-7-12/h11H,2-9H2,1H3/t11-/m0/s1. The molecule has 2 aliphatic heterocycles. The number of amides is 1. The van der Waals surface area contributed by atoms with E-state index in [-0.39, 0.29) is 5.91 Å². The van der Waals surface area contributed by atoms with Crippen LogP contribution in [-0.2, 0) is 4.79 Å². The second-order valence-electron chi connectivity index (χ2n) is 4.52. The lowest BCUT2D eigenvalue weighted by molar-refractivity contribution is -0.129. The van der Waals surface area contributed by atoms with E-state index in [1.165, 1.54) is 38.8 Å². The Bertz CT molecular complexity index is 211. The molecule has 0 bridgehead atoms. The lowest BCUT2D eigenvalue weighted by atomic mass is 10.2. The summed E-state index contributed by atoms with van der Waals surface area (Å²) in [6.07, 6.45) is 5.08. The summed E-state index contributed by atoms with van der Waals surface area (Å²) in [5, 5.41) is 0. The van der Waals surface area contributed by atoms with E-state index in [1.807, 2.05) is 0 Å². The van der Waals surface area contributed by atoms with Gasteiger partial charge in [0, 0.05) is 26.1 Å². The molecule has 2 heterocycles. The second-order valence-corrected chi connectivity index (χ2v) is 4.52. The molecule has 3 heteroatoms. The van der Waals surface area contributed by atoms with Crippen molar-refractivity contribution in [2.24, 2.45) is 0 Å². The van der Waals surface area contributed by atoms with Crippen molar-refractivity contribution in [3.8, 4) is 0 Å². The van der Waals surface area contributed by atoms with Gasteiger partial charge in [0.2, 0.25) is 5.91 Å². The number of nitrogens with zero attached hydrogens (tertiary/aromatic N) is 2. The molecule has 0 aliphatic carbocycles. The molecule has 0 aromatic heterocycles. The van der Waals surface area contributed by atoms with Gasteiger partial charge in [0.25, 0.3) is 0 Å². The average molecular weight is 196 g/mol. The molecule has 0 aromatic rings. The lowest BCUT2D eigenvalue weighted by Crippen LogP contribution is -2.41. The Morgan fingerprint density at radius 1 is 1.21 bits per heavy atom. The number of rotatable bonds is 2. The van der Waals surface area contributed by atoms with Gasteiger partial charge in [0.1, 0.15) is 0 Å². The first-order valence-electron chi connectivity index (χ1n) is 5.77. The molecule has 14 heavy (non-hydrogen) atoms. The lowest BCUT2D eigenvalue weighted by Gasteiger charge is -2.27. The van der Waals surface area contributed by atoms with Crippen LogP contribution in [0.2, 0.25) is 0 Å². The van der Waals surface area contributed by atoms with Gasteiger partial charge >= 0.3 is 0 Å². The number of carbonyl (C=O) groups is 1. The summed E-state index contributed by atoms with van der Waals surface area (Å²) < 4.78 is 0. The molecule has 0 aromatic carbocycles. The van der Waals surface area contributed by atoms with Gasteiger partial charge in [-0.15, -0.1) is 0 Å². The summed E-state index contributed by atoms with van der Waals surface area (Å²) >= 11 is 0. The summed E-state index contributed by atoms with van der Waals surface area (Å²) in [4.78, 5) is 15.9. The van der Waals surface area contributed by atoms with E-state index in [0.29, 0.717) is 6.04 Å². The van der Waals surface area contributed by atoms with Crippen LogP contribution in [0.4, 0.5) is 0 Å². The fourth-order valence-corrected chi connectivity index (χ4v) is 2.70. The smallest absolute Gasteiger partial charge is 0.219 e. The molecule has 2 aliphatic rings. The number of hydrogen-bond donors (Lipinski definition) is 0. The normalized spacial score (nSPS) is 28.6. The van der Waals surface area contributed by atoms with Crippen molar-refractivity contribution in [3.63, 3.8) is 0 Å². The van der Waals surface area contributed by atoms with Gasteiger partial charge < -0.3 is 9.80 Å². The number of likely N-dealkylation sites (tertiary alicyclic amines) is 2. The fraction of sp³-hybridized carbons (Fsp3) is 0.909. The van der Waals surface area contributed by atoms with Crippen LogP contribution in [0.15, 0.2) is 0 Å².